The Labute approximate surface area is 126 Å². The van der Waals surface area contributed by atoms with Gasteiger partial charge in [-0.2, -0.15) is 0 Å². The molecule has 1 N–H and O–H groups in total. The molecule has 2 aromatic rings. The summed E-state index contributed by atoms with van der Waals surface area (Å²) in [6.45, 7) is 0. The summed E-state index contributed by atoms with van der Waals surface area (Å²) in [6, 6.07) is 15.1. The molecule has 0 saturated carbocycles. The van der Waals surface area contributed by atoms with Gasteiger partial charge in [-0.15, -0.1) is 0 Å². The van der Waals surface area contributed by atoms with Crippen LogP contribution in [-0.4, -0.2) is 11.0 Å². The number of carbonyl (C=O) groups is 1. The highest BCUT2D eigenvalue weighted by Crippen LogP contribution is 2.22. The van der Waals surface area contributed by atoms with Crippen LogP contribution in [0.25, 0.3) is 6.08 Å². The van der Waals surface area contributed by atoms with Gasteiger partial charge in [0.25, 0.3) is 5.91 Å². The van der Waals surface area contributed by atoms with Crippen molar-refractivity contribution >= 4 is 35.0 Å². The molecule has 2 aromatic carbocycles. The number of thiocarbonyl (C=S) groups is 1. The number of amides is 1. The van der Waals surface area contributed by atoms with Crippen LogP contribution in [0.3, 0.4) is 0 Å². The number of rotatable bonds is 2. The van der Waals surface area contributed by atoms with E-state index in [0.717, 1.165) is 5.56 Å². The van der Waals surface area contributed by atoms with Crippen LogP contribution in [0.2, 0.25) is 0 Å². The predicted octanol–water partition coefficient (Wildman–Crippen LogP) is 3.09. The van der Waals surface area contributed by atoms with Crippen molar-refractivity contribution in [2.24, 2.45) is 0 Å². The fourth-order valence-electron chi connectivity index (χ4n) is 2.08. The minimum Gasteiger partial charge on any atom is -0.327 e. The van der Waals surface area contributed by atoms with Gasteiger partial charge in [0.15, 0.2) is 5.11 Å². The molecule has 1 heterocycles. The van der Waals surface area contributed by atoms with Crippen LogP contribution < -0.4 is 10.2 Å². The van der Waals surface area contributed by atoms with Gasteiger partial charge >= 0.3 is 0 Å². The average Bonchev–Trinajstić information content (AvgIpc) is 2.76. The second-order valence-corrected chi connectivity index (χ2v) is 4.90. The molecular formula is C16H11FN2OS. The van der Waals surface area contributed by atoms with E-state index >= 15 is 0 Å². The zero-order valence-electron chi connectivity index (χ0n) is 10.9. The van der Waals surface area contributed by atoms with E-state index < -0.39 is 0 Å². The van der Waals surface area contributed by atoms with Crippen molar-refractivity contribution in [2.45, 2.75) is 0 Å². The highest BCUT2D eigenvalue weighted by atomic mass is 32.1. The van der Waals surface area contributed by atoms with E-state index in [2.05, 4.69) is 5.32 Å². The minimum absolute atomic E-state index is 0.254. The molecule has 1 aliphatic heterocycles. The number of hydrogen-bond acceptors (Lipinski definition) is 2. The SMILES string of the molecule is O=C1C(=Cc2ccccc2)NC(=S)N1c1ccc(F)cc1. The standard InChI is InChI=1S/C16H11FN2OS/c17-12-6-8-13(9-7-12)19-15(20)14(18-16(19)21)10-11-4-2-1-3-5-11/h1-10H,(H,18,21). The molecule has 1 amide bonds. The van der Waals surface area contributed by atoms with E-state index in [4.69, 9.17) is 12.2 Å². The fourth-order valence-corrected chi connectivity index (χ4v) is 2.37. The van der Waals surface area contributed by atoms with Crippen LogP contribution in [0.4, 0.5) is 10.1 Å². The monoisotopic (exact) mass is 298 g/mol. The molecule has 0 aromatic heterocycles. The van der Waals surface area contributed by atoms with E-state index in [-0.39, 0.29) is 16.8 Å². The summed E-state index contributed by atoms with van der Waals surface area (Å²) in [5, 5.41) is 3.18. The zero-order chi connectivity index (χ0) is 14.8. The highest BCUT2D eigenvalue weighted by molar-refractivity contribution is 7.80. The van der Waals surface area contributed by atoms with Crippen molar-refractivity contribution in [2.75, 3.05) is 4.90 Å². The third kappa shape index (κ3) is 2.68. The number of carbonyl (C=O) groups excluding carboxylic acids is 1. The molecule has 0 spiro atoms. The van der Waals surface area contributed by atoms with Gasteiger partial charge in [-0.3, -0.25) is 9.69 Å². The summed E-state index contributed by atoms with van der Waals surface area (Å²) in [6.07, 6.45) is 1.73. The average molecular weight is 298 g/mol. The van der Waals surface area contributed by atoms with Crippen LogP contribution in [-0.2, 0) is 4.79 Å². The van der Waals surface area contributed by atoms with Crippen molar-refractivity contribution in [3.8, 4) is 0 Å². The quantitative estimate of drug-likeness (QED) is 0.683. The maximum absolute atomic E-state index is 13.0. The van der Waals surface area contributed by atoms with E-state index in [1.807, 2.05) is 30.3 Å². The lowest BCUT2D eigenvalue weighted by Gasteiger charge is -2.13. The molecular weight excluding hydrogens is 287 g/mol. The Kier molecular flexibility index (Phi) is 3.50. The van der Waals surface area contributed by atoms with E-state index in [1.165, 1.54) is 29.2 Å². The molecule has 3 rings (SSSR count). The minimum atomic E-state index is -0.357. The second kappa shape index (κ2) is 5.46. The summed E-state index contributed by atoms with van der Waals surface area (Å²) < 4.78 is 13.0. The summed E-state index contributed by atoms with van der Waals surface area (Å²) >= 11 is 5.19. The first-order chi connectivity index (χ1) is 10.1. The van der Waals surface area contributed by atoms with Gasteiger partial charge in [-0.25, -0.2) is 4.39 Å². The van der Waals surface area contributed by atoms with Crippen LogP contribution in [0.1, 0.15) is 5.56 Å². The normalized spacial score (nSPS) is 16.4. The number of halogens is 1. The highest BCUT2D eigenvalue weighted by Gasteiger charge is 2.31. The first kappa shape index (κ1) is 13.5. The number of hydrogen-bond donors (Lipinski definition) is 1. The number of nitrogens with zero attached hydrogens (tertiary/aromatic N) is 1. The summed E-state index contributed by atoms with van der Waals surface area (Å²) in [4.78, 5) is 13.8. The van der Waals surface area contributed by atoms with Crippen LogP contribution in [0.15, 0.2) is 60.3 Å². The Bertz CT molecular complexity index is 726. The lowest BCUT2D eigenvalue weighted by Crippen LogP contribution is -2.30. The topological polar surface area (TPSA) is 32.3 Å². The molecule has 104 valence electrons. The van der Waals surface area contributed by atoms with E-state index in [0.29, 0.717) is 11.4 Å². The van der Waals surface area contributed by atoms with Crippen LogP contribution in [0, 0.1) is 5.82 Å². The van der Waals surface area contributed by atoms with E-state index in [9.17, 15) is 9.18 Å². The molecule has 3 nitrogen and oxygen atoms in total. The molecule has 1 saturated heterocycles. The second-order valence-electron chi connectivity index (χ2n) is 4.52. The number of anilines is 1. The first-order valence-corrected chi connectivity index (χ1v) is 6.74. The molecule has 5 heteroatoms. The van der Waals surface area contributed by atoms with Gasteiger partial charge in [0.05, 0.1) is 5.69 Å². The van der Waals surface area contributed by atoms with Crippen LogP contribution >= 0.6 is 12.2 Å². The van der Waals surface area contributed by atoms with Gasteiger partial charge in [0, 0.05) is 0 Å². The van der Waals surface area contributed by atoms with Crippen molar-refractivity contribution in [3.05, 3.63) is 71.7 Å². The Balaban J connectivity index is 1.92. The van der Waals surface area contributed by atoms with Gasteiger partial charge in [0.2, 0.25) is 0 Å². The lowest BCUT2D eigenvalue weighted by molar-refractivity contribution is -0.113. The third-order valence-electron chi connectivity index (χ3n) is 3.07. The predicted molar refractivity (Wildman–Crippen MR) is 84.0 cm³/mol. The maximum atomic E-state index is 13.0. The Morgan fingerprint density at radius 1 is 1.05 bits per heavy atom. The Morgan fingerprint density at radius 3 is 2.38 bits per heavy atom. The van der Waals surface area contributed by atoms with Gasteiger partial charge in [0.1, 0.15) is 11.5 Å². The molecule has 0 atom stereocenters. The van der Waals surface area contributed by atoms with Gasteiger partial charge in [-0.1, -0.05) is 30.3 Å². The smallest absolute Gasteiger partial charge is 0.281 e. The van der Waals surface area contributed by atoms with Crippen molar-refractivity contribution < 1.29 is 9.18 Å². The zero-order valence-corrected chi connectivity index (χ0v) is 11.7. The number of nitrogens with one attached hydrogen (secondary N) is 1. The number of benzene rings is 2. The molecule has 0 radical (unpaired) electrons. The summed E-state index contributed by atoms with van der Waals surface area (Å²) in [7, 11) is 0. The van der Waals surface area contributed by atoms with Gasteiger partial charge < -0.3 is 5.32 Å². The fraction of sp³-hybridized carbons (Fsp3) is 0. The molecule has 1 aliphatic rings. The van der Waals surface area contributed by atoms with Crippen molar-refractivity contribution in [3.63, 3.8) is 0 Å². The molecule has 0 aliphatic carbocycles. The molecule has 0 unspecified atom stereocenters. The maximum Gasteiger partial charge on any atom is 0.281 e. The first-order valence-electron chi connectivity index (χ1n) is 6.33. The largest absolute Gasteiger partial charge is 0.327 e. The van der Waals surface area contributed by atoms with E-state index in [1.54, 1.807) is 6.08 Å². The summed E-state index contributed by atoms with van der Waals surface area (Å²) in [5.41, 5.74) is 1.84. The van der Waals surface area contributed by atoms with Crippen molar-refractivity contribution in [1.82, 2.24) is 5.32 Å². The Morgan fingerprint density at radius 2 is 1.71 bits per heavy atom. The lowest BCUT2D eigenvalue weighted by atomic mass is 10.2. The molecule has 0 bridgehead atoms. The van der Waals surface area contributed by atoms with Crippen LogP contribution in [0.5, 0.6) is 0 Å². The molecule has 1 fully saturated rings. The van der Waals surface area contributed by atoms with Gasteiger partial charge in [-0.05, 0) is 48.1 Å². The Hall–Kier alpha value is -2.53. The third-order valence-corrected chi connectivity index (χ3v) is 3.36. The molecule has 21 heavy (non-hydrogen) atoms. The van der Waals surface area contributed by atoms with Crippen molar-refractivity contribution in [1.29, 1.82) is 0 Å². The summed E-state index contributed by atoms with van der Waals surface area (Å²) in [5.74, 6) is -0.611.